The van der Waals surface area contributed by atoms with Gasteiger partial charge in [0, 0.05) is 0 Å². The predicted molar refractivity (Wildman–Crippen MR) is 134 cm³/mol. The number of nitrogens with zero attached hydrogens (tertiary/aromatic N) is 3. The molecular formula is C28H23N3O3Se. The SMILES string of the molecule is CC1(C)OC2=C(C(=O)C(=O)c3ccccc32)C1Cn1cc(C[Se]c2cccc3ccccc23)nn1. The zero-order valence-electron chi connectivity index (χ0n) is 19.4. The molecule has 2 heterocycles. The van der Waals surface area contributed by atoms with Crippen LogP contribution >= 0.6 is 0 Å². The number of hydrogen-bond acceptors (Lipinski definition) is 5. The summed E-state index contributed by atoms with van der Waals surface area (Å²) in [5.74, 6) is -0.725. The molecular weight excluding hydrogens is 505 g/mol. The summed E-state index contributed by atoms with van der Waals surface area (Å²) in [6, 6.07) is 22.0. The predicted octanol–water partition coefficient (Wildman–Crippen LogP) is 3.56. The summed E-state index contributed by atoms with van der Waals surface area (Å²) in [4.78, 5) is 25.9. The van der Waals surface area contributed by atoms with Crippen molar-refractivity contribution in [1.82, 2.24) is 15.0 Å². The maximum absolute atomic E-state index is 13.1. The first-order valence-corrected chi connectivity index (χ1v) is 13.6. The van der Waals surface area contributed by atoms with Crippen LogP contribution in [0.3, 0.4) is 0 Å². The molecule has 4 aromatic rings. The van der Waals surface area contributed by atoms with Gasteiger partial charge in [0.1, 0.15) is 0 Å². The van der Waals surface area contributed by atoms with Crippen LogP contribution in [0.25, 0.3) is 16.5 Å². The van der Waals surface area contributed by atoms with Gasteiger partial charge in [0.15, 0.2) is 0 Å². The number of rotatable bonds is 5. The molecule has 0 amide bonds. The van der Waals surface area contributed by atoms with E-state index in [1.807, 2.05) is 32.2 Å². The molecule has 1 aliphatic carbocycles. The Kier molecular flexibility index (Phi) is 5.20. The van der Waals surface area contributed by atoms with Gasteiger partial charge < -0.3 is 0 Å². The van der Waals surface area contributed by atoms with Crippen molar-refractivity contribution < 1.29 is 14.3 Å². The van der Waals surface area contributed by atoms with Gasteiger partial charge in [-0.1, -0.05) is 0 Å². The molecule has 0 radical (unpaired) electrons. The minimum atomic E-state index is -0.656. The summed E-state index contributed by atoms with van der Waals surface area (Å²) in [6.45, 7) is 4.33. The van der Waals surface area contributed by atoms with Gasteiger partial charge in [-0.3, -0.25) is 0 Å². The molecule has 1 atom stereocenters. The summed E-state index contributed by atoms with van der Waals surface area (Å²) >= 11 is 0.211. The Morgan fingerprint density at radius 2 is 1.69 bits per heavy atom. The van der Waals surface area contributed by atoms with E-state index < -0.39 is 17.2 Å². The molecule has 0 fully saturated rings. The first kappa shape index (κ1) is 22.0. The number of carbonyl (C=O) groups is 2. The fourth-order valence-electron chi connectivity index (χ4n) is 4.95. The van der Waals surface area contributed by atoms with Crippen LogP contribution in [0.1, 0.15) is 35.5 Å². The van der Waals surface area contributed by atoms with Crippen molar-refractivity contribution in [3.05, 3.63) is 95.3 Å². The molecule has 174 valence electrons. The molecule has 0 saturated carbocycles. The minimum absolute atomic E-state index is 0.211. The van der Waals surface area contributed by atoms with Gasteiger partial charge >= 0.3 is 209 Å². The van der Waals surface area contributed by atoms with Crippen molar-refractivity contribution in [3.8, 4) is 0 Å². The quantitative estimate of drug-likeness (QED) is 0.293. The van der Waals surface area contributed by atoms with Crippen molar-refractivity contribution in [2.24, 2.45) is 5.92 Å². The summed E-state index contributed by atoms with van der Waals surface area (Å²) in [5, 5.41) is 12.1. The van der Waals surface area contributed by atoms with Crippen LogP contribution in [0.2, 0.25) is 0 Å². The number of fused-ring (bicyclic) bond motifs is 3. The van der Waals surface area contributed by atoms with Crippen molar-refractivity contribution in [1.29, 1.82) is 0 Å². The van der Waals surface area contributed by atoms with Crippen molar-refractivity contribution in [2.45, 2.75) is 31.3 Å². The molecule has 0 spiro atoms. The molecule has 0 saturated heterocycles. The first-order valence-electron chi connectivity index (χ1n) is 11.5. The Morgan fingerprint density at radius 1 is 0.943 bits per heavy atom. The second kappa shape index (κ2) is 8.29. The molecule has 6 nitrogen and oxygen atoms in total. The molecule has 2 aliphatic rings. The molecule has 1 aromatic heterocycles. The standard InChI is InChI=1S/C28H23N3O3Se/c1-28(2)22(24-26(33)25(32)20-11-5-6-12-21(20)27(24)34-28)15-31-14-18(29-30-31)16-35-23-13-7-9-17-8-3-4-10-19(17)23/h3-14,22H,15-16H2,1-2H3. The monoisotopic (exact) mass is 529 g/mol. The zero-order chi connectivity index (χ0) is 24.2. The summed E-state index contributed by atoms with van der Waals surface area (Å²) in [7, 11) is 0. The second-order valence-electron chi connectivity index (χ2n) is 9.40. The number of aromatic nitrogens is 3. The van der Waals surface area contributed by atoms with E-state index in [9.17, 15) is 9.59 Å². The van der Waals surface area contributed by atoms with Gasteiger partial charge in [0.2, 0.25) is 0 Å². The Balaban J connectivity index is 1.25. The zero-order valence-corrected chi connectivity index (χ0v) is 21.1. The van der Waals surface area contributed by atoms with E-state index in [-0.39, 0.29) is 20.9 Å². The average molecular weight is 528 g/mol. The normalized spacial score (nSPS) is 18.5. The fraction of sp³-hybridized carbons (Fsp3) is 0.214. The summed E-state index contributed by atoms with van der Waals surface area (Å²) in [5.41, 5.74) is 1.82. The Morgan fingerprint density at radius 3 is 2.54 bits per heavy atom. The van der Waals surface area contributed by atoms with Gasteiger partial charge in [-0.25, -0.2) is 0 Å². The Hall–Kier alpha value is -3.54. The molecule has 1 unspecified atom stereocenters. The van der Waals surface area contributed by atoms with Crippen LogP contribution < -0.4 is 4.46 Å². The van der Waals surface area contributed by atoms with Gasteiger partial charge in [0.05, 0.1) is 0 Å². The second-order valence-corrected chi connectivity index (χ2v) is 11.5. The summed E-state index contributed by atoms with van der Waals surface area (Å²) < 4.78 is 9.40. The van der Waals surface area contributed by atoms with Crippen molar-refractivity contribution >= 4 is 47.5 Å². The van der Waals surface area contributed by atoms with E-state index in [0.717, 1.165) is 11.0 Å². The van der Waals surface area contributed by atoms with Gasteiger partial charge in [-0.15, -0.1) is 0 Å². The maximum atomic E-state index is 13.1. The van der Waals surface area contributed by atoms with Crippen molar-refractivity contribution in [2.75, 3.05) is 0 Å². The summed E-state index contributed by atoms with van der Waals surface area (Å²) in [6.07, 6.45) is 1.95. The molecule has 35 heavy (non-hydrogen) atoms. The van der Waals surface area contributed by atoms with E-state index in [1.54, 1.807) is 16.8 Å². The molecule has 3 aromatic carbocycles. The number of Topliss-reactive ketones (excluding diaryl/α,β-unsaturated/α-hetero) is 2. The van der Waals surface area contributed by atoms with E-state index in [2.05, 4.69) is 52.8 Å². The van der Waals surface area contributed by atoms with Crippen molar-refractivity contribution in [3.63, 3.8) is 0 Å². The molecule has 0 bridgehead atoms. The van der Waals surface area contributed by atoms with Crippen LogP contribution in [0, 0.1) is 5.92 Å². The number of hydrogen-bond donors (Lipinski definition) is 0. The number of ether oxygens (including phenoxy) is 1. The van der Waals surface area contributed by atoms with Crippen LogP contribution in [-0.4, -0.2) is 47.1 Å². The Bertz CT molecular complexity index is 1530. The first-order chi connectivity index (χ1) is 16.9. The third kappa shape index (κ3) is 3.72. The van der Waals surface area contributed by atoms with Crippen LogP contribution in [0.15, 0.2) is 78.5 Å². The van der Waals surface area contributed by atoms with E-state index in [1.165, 1.54) is 15.2 Å². The van der Waals surface area contributed by atoms with Crippen LogP contribution in [-0.2, 0) is 21.4 Å². The van der Waals surface area contributed by atoms with E-state index in [0.29, 0.717) is 29.0 Å². The average Bonchev–Trinajstić information content (AvgIpc) is 3.43. The number of carbonyl (C=O) groups excluding carboxylic acids is 2. The number of ketones is 2. The molecule has 7 heteroatoms. The molecule has 0 N–H and O–H groups in total. The fourth-order valence-corrected chi connectivity index (χ4v) is 6.94. The molecule has 1 aliphatic heterocycles. The molecule has 6 rings (SSSR count). The van der Waals surface area contributed by atoms with Gasteiger partial charge in [-0.2, -0.15) is 0 Å². The van der Waals surface area contributed by atoms with Gasteiger partial charge in [0.25, 0.3) is 0 Å². The topological polar surface area (TPSA) is 74.1 Å². The van der Waals surface area contributed by atoms with Crippen LogP contribution in [0.5, 0.6) is 0 Å². The third-order valence-corrected chi connectivity index (χ3v) is 9.07. The van der Waals surface area contributed by atoms with Crippen LogP contribution in [0.4, 0.5) is 0 Å². The Labute approximate surface area is 209 Å². The van der Waals surface area contributed by atoms with Gasteiger partial charge in [-0.05, 0) is 0 Å². The van der Waals surface area contributed by atoms with E-state index in [4.69, 9.17) is 4.74 Å². The third-order valence-electron chi connectivity index (χ3n) is 6.75. The van der Waals surface area contributed by atoms with E-state index >= 15 is 0 Å². The number of benzene rings is 3.